The first-order valence-electron chi connectivity index (χ1n) is 24.3. The van der Waals surface area contributed by atoms with Gasteiger partial charge in [0.25, 0.3) is 0 Å². The summed E-state index contributed by atoms with van der Waals surface area (Å²) in [5.74, 6) is -0.835. The molecular weight excluding hydrogens is 690 g/mol. The molecule has 0 spiro atoms. The molecule has 9 aromatic rings. The van der Waals surface area contributed by atoms with Crippen LogP contribution >= 0.6 is 0 Å². The molecule has 0 N–H and O–H groups in total. The van der Waals surface area contributed by atoms with Crippen LogP contribution in [-0.2, 0) is 38.2 Å². The van der Waals surface area contributed by atoms with Gasteiger partial charge in [0.05, 0.1) is 18.5 Å². The van der Waals surface area contributed by atoms with E-state index in [9.17, 15) is 20.8 Å². The maximum absolute atomic E-state index is 14.9. The number of aromatic nitrogens is 3. The van der Waals surface area contributed by atoms with Crippen LogP contribution in [0.5, 0.6) is 0 Å². The zero-order chi connectivity index (χ0) is 49.3. The Morgan fingerprint density at radius 1 is 0.446 bits per heavy atom. The Morgan fingerprint density at radius 3 is 1.38 bits per heavy atom. The predicted molar refractivity (Wildman–Crippen MR) is 225 cm³/mol. The first-order chi connectivity index (χ1) is 32.6. The third-order valence-corrected chi connectivity index (χ3v) is 9.11. The lowest BCUT2D eigenvalue weighted by Crippen LogP contribution is -2.00. The number of halogens is 1. The van der Waals surface area contributed by atoms with E-state index in [-0.39, 0.29) is 39.6 Å². The summed E-state index contributed by atoms with van der Waals surface area (Å²) in [5.41, 5.74) is 0.792. The molecule has 5 aromatic carbocycles. The van der Waals surface area contributed by atoms with Gasteiger partial charge in [-0.1, -0.05) is 121 Å². The first kappa shape index (κ1) is 23.3. The van der Waals surface area contributed by atoms with E-state index in [0.29, 0.717) is 27.7 Å². The van der Waals surface area contributed by atoms with Gasteiger partial charge in [0, 0.05) is 62.5 Å². The molecule has 0 amide bonds. The van der Waals surface area contributed by atoms with Crippen molar-refractivity contribution in [2.45, 2.75) is 38.2 Å². The van der Waals surface area contributed by atoms with Crippen LogP contribution in [0.4, 0.5) is 4.39 Å². The van der Waals surface area contributed by atoms with Crippen molar-refractivity contribution >= 4 is 21.9 Å². The minimum atomic E-state index is -3.14. The van der Waals surface area contributed by atoms with Crippen molar-refractivity contribution in [3.63, 3.8) is 0 Å². The van der Waals surface area contributed by atoms with Crippen LogP contribution in [0.1, 0.15) is 51.2 Å². The van der Waals surface area contributed by atoms with Crippen molar-refractivity contribution in [2.24, 2.45) is 0 Å². The molecule has 4 nitrogen and oxygen atoms in total. The summed E-state index contributed by atoms with van der Waals surface area (Å²) >= 11 is 0. The van der Waals surface area contributed by atoms with Crippen molar-refractivity contribution in [1.29, 1.82) is 0 Å². The number of pyridine rings is 3. The Bertz CT molecular complexity index is 3230. The molecule has 4 heterocycles. The summed E-state index contributed by atoms with van der Waals surface area (Å²) < 4.78 is 140. The van der Waals surface area contributed by atoms with E-state index in [1.807, 2.05) is 60.7 Å². The summed E-state index contributed by atoms with van der Waals surface area (Å²) in [6.45, 7) is 0. The summed E-state index contributed by atoms with van der Waals surface area (Å²) in [4.78, 5) is 13.2. The fraction of sp³-hybridized carbons (Fsp3) is 0.118. The Morgan fingerprint density at radius 2 is 0.893 bits per heavy atom. The van der Waals surface area contributed by atoms with Gasteiger partial charge in [-0.2, -0.15) is 0 Å². The molecule has 0 radical (unpaired) electrons. The molecule has 9 rings (SSSR count). The van der Waals surface area contributed by atoms with Gasteiger partial charge in [-0.05, 0) is 102 Å². The van der Waals surface area contributed by atoms with Gasteiger partial charge in [-0.3, -0.25) is 15.0 Å². The average molecular weight is 743 g/mol. The number of benzene rings is 5. The molecule has 0 atom stereocenters. The van der Waals surface area contributed by atoms with Crippen LogP contribution < -0.4 is 0 Å². The van der Waals surface area contributed by atoms with Crippen LogP contribution in [0, 0.1) is 5.82 Å². The summed E-state index contributed by atoms with van der Waals surface area (Å²) in [6, 6.07) is 37.1. The number of fused-ring (bicyclic) bond motifs is 3. The highest BCUT2D eigenvalue weighted by Crippen LogP contribution is 2.36. The van der Waals surface area contributed by atoms with Crippen LogP contribution in [0.2, 0.25) is 0 Å². The van der Waals surface area contributed by atoms with E-state index < -0.39 is 60.7 Å². The number of hydrogen-bond donors (Lipinski definition) is 0. The Balaban J connectivity index is 1.13. The number of hydrogen-bond acceptors (Lipinski definition) is 4. The first-order valence-corrected chi connectivity index (χ1v) is 17.8. The fourth-order valence-corrected chi connectivity index (χ4v) is 6.33. The van der Waals surface area contributed by atoms with Crippen LogP contribution in [0.3, 0.4) is 0 Å². The van der Waals surface area contributed by atoms with Crippen molar-refractivity contribution in [1.82, 2.24) is 15.0 Å². The highest BCUT2D eigenvalue weighted by Gasteiger charge is 2.15. The normalized spacial score (nSPS) is 16.3. The molecule has 0 fully saturated rings. The topological polar surface area (TPSA) is 51.8 Å². The molecule has 0 saturated carbocycles. The number of rotatable bonds is 12. The zero-order valence-electron chi connectivity index (χ0n) is 42.7. The molecule has 0 unspecified atom stereocenters. The monoisotopic (exact) mass is 742 g/mol. The number of para-hydroxylation sites is 2. The second kappa shape index (κ2) is 15.9. The van der Waals surface area contributed by atoms with Crippen LogP contribution in [0.15, 0.2) is 175 Å². The van der Waals surface area contributed by atoms with E-state index in [1.54, 1.807) is 24.3 Å². The second-order valence-corrected chi connectivity index (χ2v) is 12.9. The Labute approximate surface area is 344 Å². The SMILES string of the molecule is [2H]c1ccc2c(oc3c(-c4ccc(C([2H])([2H])C([2H])([2H])c5cc(C([2H])([2H])C([2H])([2H])c6ccc(-c7ccccc7)nc6)cc(C([2H])([2H])C([2H])([2H])c6ccc(-c7ccccc7)nc6)c5)cn4)cccc32)c1F. The lowest BCUT2D eigenvalue weighted by atomic mass is 9.94. The van der Waals surface area contributed by atoms with Gasteiger partial charge in [-0.15, -0.1) is 0 Å². The molecule has 4 aromatic heterocycles. The molecule has 0 bridgehead atoms. The quantitative estimate of drug-likeness (QED) is 0.125. The Kier molecular flexibility index (Phi) is 6.62. The fourth-order valence-electron chi connectivity index (χ4n) is 6.33. The van der Waals surface area contributed by atoms with E-state index in [2.05, 4.69) is 15.0 Å². The highest BCUT2D eigenvalue weighted by molar-refractivity contribution is 6.09. The Hall–Kier alpha value is -6.72. The maximum Gasteiger partial charge on any atom is 0.171 e. The zero-order valence-corrected chi connectivity index (χ0v) is 29.7. The van der Waals surface area contributed by atoms with Crippen molar-refractivity contribution in [3.05, 3.63) is 209 Å². The summed E-state index contributed by atoms with van der Waals surface area (Å²) in [7, 11) is 0. The van der Waals surface area contributed by atoms with Crippen molar-refractivity contribution in [2.75, 3.05) is 0 Å². The van der Waals surface area contributed by atoms with Crippen molar-refractivity contribution < 1.29 is 26.6 Å². The van der Waals surface area contributed by atoms with Gasteiger partial charge >= 0.3 is 0 Å². The van der Waals surface area contributed by atoms with Crippen LogP contribution in [0.25, 0.3) is 55.7 Å². The van der Waals surface area contributed by atoms with Gasteiger partial charge in [-0.25, -0.2) is 4.39 Å². The molecule has 56 heavy (non-hydrogen) atoms. The van der Waals surface area contributed by atoms with Gasteiger partial charge < -0.3 is 4.42 Å². The van der Waals surface area contributed by atoms with Gasteiger partial charge in [0.15, 0.2) is 11.4 Å². The standard InChI is InChI=1S/C51H40FN3O/c52-46-16-8-14-44-43-13-7-15-45(50(43)56-51(44)46)49-28-25-37(34-55-49)19-22-40-30-38(20-17-35-23-26-47(53-32-35)41-9-3-1-4-10-41)29-39(31-40)21-18-36-24-27-48(54-33-36)42-11-5-2-6-12-42/h1-16,23-34H,17-22H2/i16D,17D2,18D2,19D2,20D2,21D2,22D2. The average Bonchev–Trinajstić information content (AvgIpc) is 3.75. The van der Waals surface area contributed by atoms with E-state index in [1.165, 1.54) is 54.9 Å². The summed E-state index contributed by atoms with van der Waals surface area (Å²) in [6.07, 6.45) is -14.7. The lowest BCUT2D eigenvalue weighted by molar-refractivity contribution is 0.584. The maximum atomic E-state index is 14.9. The molecule has 0 saturated heterocycles. The number of nitrogens with zero attached hydrogens (tertiary/aromatic N) is 3. The van der Waals surface area contributed by atoms with Gasteiger partial charge in [0.2, 0.25) is 0 Å². The van der Waals surface area contributed by atoms with E-state index in [4.69, 9.17) is 5.79 Å². The third kappa shape index (κ3) is 7.75. The third-order valence-electron chi connectivity index (χ3n) is 9.11. The largest absolute Gasteiger partial charge is 0.452 e. The number of aryl methyl sites for hydroxylation is 6. The predicted octanol–water partition coefficient (Wildman–Crippen LogP) is 12.3. The second-order valence-electron chi connectivity index (χ2n) is 12.9. The van der Waals surface area contributed by atoms with Crippen LogP contribution in [-0.4, -0.2) is 15.0 Å². The van der Waals surface area contributed by atoms with Crippen molar-refractivity contribution in [3.8, 4) is 33.8 Å². The molecule has 5 heteroatoms. The van der Waals surface area contributed by atoms with Gasteiger partial charge in [0.1, 0.15) is 5.58 Å². The molecule has 0 aliphatic heterocycles. The number of furan rings is 1. The molecule has 0 aliphatic carbocycles. The molecule has 272 valence electrons. The minimum absolute atomic E-state index is 0.113. The molecule has 0 aliphatic rings. The summed E-state index contributed by atoms with van der Waals surface area (Å²) in [5, 5.41) is 0.984. The highest BCUT2D eigenvalue weighted by atomic mass is 19.1. The minimum Gasteiger partial charge on any atom is -0.452 e. The van der Waals surface area contributed by atoms with E-state index in [0.717, 1.165) is 35.5 Å². The smallest absolute Gasteiger partial charge is 0.171 e. The van der Waals surface area contributed by atoms with E-state index >= 15 is 0 Å². The lowest BCUT2D eigenvalue weighted by Gasteiger charge is -2.12. The molecular formula is C51H40FN3O.